The Morgan fingerprint density at radius 1 is 1.31 bits per heavy atom. The van der Waals surface area contributed by atoms with Crippen LogP contribution in [0.3, 0.4) is 0 Å². The van der Waals surface area contributed by atoms with Crippen LogP contribution in [0.2, 0.25) is 0 Å². The molecular weight excluding hydrogens is 384 g/mol. The molecule has 154 valence electrons. The van der Waals surface area contributed by atoms with Gasteiger partial charge in [0, 0.05) is 31.4 Å². The third kappa shape index (κ3) is 4.29. The highest BCUT2D eigenvalue weighted by Gasteiger charge is 2.29. The Morgan fingerprint density at radius 2 is 2.14 bits per heavy atom. The van der Waals surface area contributed by atoms with Crippen molar-refractivity contribution in [3.8, 4) is 5.75 Å². The number of carbonyl (C=O) groups excluding carboxylic acids is 1. The standard InChI is InChI=1S/C22H28N4O2S/c1-16-9-10-18(28-2)19-20(16)29-22(24-19)26(13-6-12-25-14-11-23-15-25)21(27)17-7-4-3-5-8-17/h9-11,14-15,17H,3-8,12-13H2,1-2H3. The Labute approximate surface area is 175 Å². The fraction of sp³-hybridized carbons (Fsp3) is 0.500. The van der Waals surface area contributed by atoms with Gasteiger partial charge >= 0.3 is 0 Å². The molecule has 0 aliphatic heterocycles. The molecule has 0 radical (unpaired) electrons. The van der Waals surface area contributed by atoms with E-state index in [-0.39, 0.29) is 11.8 Å². The van der Waals surface area contributed by atoms with E-state index in [1.54, 1.807) is 24.6 Å². The number of amides is 1. The summed E-state index contributed by atoms with van der Waals surface area (Å²) < 4.78 is 8.66. The van der Waals surface area contributed by atoms with Crippen LogP contribution in [0.4, 0.5) is 5.13 Å². The number of carbonyl (C=O) groups is 1. The molecule has 1 aliphatic rings. The minimum Gasteiger partial charge on any atom is -0.494 e. The number of anilines is 1. The molecule has 1 aliphatic carbocycles. The van der Waals surface area contributed by atoms with Gasteiger partial charge in [0.05, 0.1) is 18.1 Å². The van der Waals surface area contributed by atoms with Gasteiger partial charge in [0.15, 0.2) is 5.13 Å². The van der Waals surface area contributed by atoms with Gasteiger partial charge in [0.2, 0.25) is 5.91 Å². The van der Waals surface area contributed by atoms with E-state index in [1.807, 2.05) is 23.5 Å². The number of methoxy groups -OCH3 is 1. The van der Waals surface area contributed by atoms with Gasteiger partial charge in [-0.3, -0.25) is 9.69 Å². The number of nitrogens with zero attached hydrogens (tertiary/aromatic N) is 4. The average molecular weight is 413 g/mol. The lowest BCUT2D eigenvalue weighted by atomic mass is 9.88. The summed E-state index contributed by atoms with van der Waals surface area (Å²) in [4.78, 5) is 24.3. The third-order valence-electron chi connectivity index (χ3n) is 5.72. The molecule has 2 heterocycles. The second-order valence-corrected chi connectivity index (χ2v) is 8.72. The first-order valence-electron chi connectivity index (χ1n) is 10.4. The molecule has 7 heteroatoms. The molecule has 0 saturated heterocycles. The molecule has 1 fully saturated rings. The van der Waals surface area contributed by atoms with Crippen molar-refractivity contribution in [3.05, 3.63) is 36.4 Å². The number of benzene rings is 1. The molecule has 0 unspecified atom stereocenters. The highest BCUT2D eigenvalue weighted by atomic mass is 32.1. The summed E-state index contributed by atoms with van der Waals surface area (Å²) in [6.45, 7) is 3.58. The van der Waals surface area contributed by atoms with Crippen molar-refractivity contribution >= 4 is 32.6 Å². The molecule has 0 atom stereocenters. The lowest BCUT2D eigenvalue weighted by molar-refractivity contribution is -0.123. The first-order chi connectivity index (χ1) is 14.2. The number of rotatable bonds is 7. The van der Waals surface area contributed by atoms with E-state index in [9.17, 15) is 4.79 Å². The molecule has 0 N–H and O–H groups in total. The van der Waals surface area contributed by atoms with Crippen LogP contribution in [0, 0.1) is 12.8 Å². The number of thiazole rings is 1. The molecule has 3 aromatic rings. The van der Waals surface area contributed by atoms with Crippen LogP contribution in [0.15, 0.2) is 30.9 Å². The van der Waals surface area contributed by atoms with Gasteiger partial charge < -0.3 is 9.30 Å². The summed E-state index contributed by atoms with van der Waals surface area (Å²) in [5.74, 6) is 1.11. The van der Waals surface area contributed by atoms with Crippen molar-refractivity contribution in [2.75, 3.05) is 18.6 Å². The van der Waals surface area contributed by atoms with Crippen LogP contribution in [-0.2, 0) is 11.3 Å². The molecular formula is C22H28N4O2S. The fourth-order valence-electron chi connectivity index (χ4n) is 4.08. The lowest BCUT2D eigenvalue weighted by Gasteiger charge is -2.27. The average Bonchev–Trinajstić information content (AvgIpc) is 3.42. The van der Waals surface area contributed by atoms with Crippen molar-refractivity contribution < 1.29 is 9.53 Å². The molecule has 6 nitrogen and oxygen atoms in total. The molecule has 1 aromatic carbocycles. The Bertz CT molecular complexity index is 961. The number of hydrogen-bond donors (Lipinski definition) is 0. The van der Waals surface area contributed by atoms with Crippen molar-refractivity contribution in [2.45, 2.75) is 52.0 Å². The number of aryl methyl sites for hydroxylation is 2. The summed E-state index contributed by atoms with van der Waals surface area (Å²) >= 11 is 1.60. The highest BCUT2D eigenvalue weighted by Crippen LogP contribution is 2.37. The molecule has 29 heavy (non-hydrogen) atoms. The van der Waals surface area contributed by atoms with Gasteiger partial charge in [-0.05, 0) is 37.8 Å². The second kappa shape index (κ2) is 8.95. The zero-order valence-electron chi connectivity index (χ0n) is 17.1. The molecule has 1 amide bonds. The van der Waals surface area contributed by atoms with E-state index >= 15 is 0 Å². The predicted molar refractivity (Wildman–Crippen MR) is 117 cm³/mol. The SMILES string of the molecule is COc1ccc(C)c2sc(N(CCCn3ccnc3)C(=O)C3CCCCC3)nc12. The van der Waals surface area contributed by atoms with Crippen LogP contribution < -0.4 is 9.64 Å². The first kappa shape index (κ1) is 19.9. The summed E-state index contributed by atoms with van der Waals surface area (Å²) in [6.07, 6.45) is 11.9. The van der Waals surface area contributed by atoms with Gasteiger partial charge in [-0.15, -0.1) is 0 Å². The van der Waals surface area contributed by atoms with Gasteiger partial charge in [-0.2, -0.15) is 0 Å². The van der Waals surface area contributed by atoms with E-state index in [4.69, 9.17) is 9.72 Å². The molecule has 1 saturated carbocycles. The quantitative estimate of drug-likeness (QED) is 0.558. The Hall–Kier alpha value is -2.41. The number of ether oxygens (including phenoxy) is 1. The topological polar surface area (TPSA) is 60.2 Å². The first-order valence-corrected chi connectivity index (χ1v) is 11.2. The van der Waals surface area contributed by atoms with Crippen molar-refractivity contribution in [2.24, 2.45) is 5.92 Å². The number of hydrogen-bond acceptors (Lipinski definition) is 5. The largest absolute Gasteiger partial charge is 0.494 e. The van der Waals surface area contributed by atoms with Crippen LogP contribution >= 0.6 is 11.3 Å². The maximum Gasteiger partial charge on any atom is 0.231 e. The maximum absolute atomic E-state index is 13.4. The summed E-state index contributed by atoms with van der Waals surface area (Å²) in [5.41, 5.74) is 2.01. The maximum atomic E-state index is 13.4. The number of fused-ring (bicyclic) bond motifs is 1. The van der Waals surface area contributed by atoms with E-state index < -0.39 is 0 Å². The minimum atomic E-state index is 0.118. The van der Waals surface area contributed by atoms with Crippen molar-refractivity contribution in [1.82, 2.24) is 14.5 Å². The third-order valence-corrected chi connectivity index (χ3v) is 6.93. The van der Waals surface area contributed by atoms with Crippen LogP contribution in [-0.4, -0.2) is 34.1 Å². The predicted octanol–water partition coefficient (Wildman–Crippen LogP) is 4.81. The molecule has 4 rings (SSSR count). The second-order valence-electron chi connectivity index (χ2n) is 7.74. The number of aromatic nitrogens is 3. The fourth-order valence-corrected chi connectivity index (χ4v) is 5.16. The molecule has 0 spiro atoms. The lowest BCUT2D eigenvalue weighted by Crippen LogP contribution is -2.38. The summed E-state index contributed by atoms with van der Waals surface area (Å²) in [7, 11) is 1.67. The minimum absolute atomic E-state index is 0.118. The van der Waals surface area contributed by atoms with Gasteiger partial charge in [0.1, 0.15) is 11.3 Å². The van der Waals surface area contributed by atoms with Crippen molar-refractivity contribution in [1.29, 1.82) is 0 Å². The van der Waals surface area contributed by atoms with Crippen LogP contribution in [0.5, 0.6) is 5.75 Å². The van der Waals surface area contributed by atoms with E-state index in [1.165, 1.54) is 6.42 Å². The van der Waals surface area contributed by atoms with Crippen LogP contribution in [0.25, 0.3) is 10.2 Å². The smallest absolute Gasteiger partial charge is 0.231 e. The van der Waals surface area contributed by atoms with E-state index in [2.05, 4.69) is 22.5 Å². The highest BCUT2D eigenvalue weighted by molar-refractivity contribution is 7.22. The van der Waals surface area contributed by atoms with Crippen LogP contribution in [0.1, 0.15) is 44.1 Å². The Balaban J connectivity index is 1.62. The van der Waals surface area contributed by atoms with E-state index in [0.29, 0.717) is 6.54 Å². The monoisotopic (exact) mass is 412 g/mol. The van der Waals surface area contributed by atoms with Crippen molar-refractivity contribution in [3.63, 3.8) is 0 Å². The summed E-state index contributed by atoms with van der Waals surface area (Å²) in [6, 6.07) is 4.00. The zero-order valence-corrected chi connectivity index (χ0v) is 18.0. The summed E-state index contributed by atoms with van der Waals surface area (Å²) in [5, 5.41) is 0.786. The van der Waals surface area contributed by atoms with E-state index in [0.717, 1.165) is 65.3 Å². The molecule has 2 aromatic heterocycles. The number of imidazole rings is 1. The van der Waals surface area contributed by atoms with Gasteiger partial charge in [-0.1, -0.05) is 36.7 Å². The zero-order chi connectivity index (χ0) is 20.2. The van der Waals surface area contributed by atoms with Gasteiger partial charge in [0.25, 0.3) is 0 Å². The Kier molecular flexibility index (Phi) is 6.13. The molecule has 0 bridgehead atoms. The normalized spacial score (nSPS) is 15.0. The van der Waals surface area contributed by atoms with Gasteiger partial charge in [-0.25, -0.2) is 9.97 Å². The Morgan fingerprint density at radius 3 is 2.86 bits per heavy atom.